The number of aromatic nitrogens is 2. The molecule has 1 fully saturated rings. The number of benzene rings is 1. The van der Waals surface area contributed by atoms with Gasteiger partial charge in [0, 0.05) is 13.2 Å². The van der Waals surface area contributed by atoms with Crippen molar-refractivity contribution in [1.29, 1.82) is 0 Å². The van der Waals surface area contributed by atoms with Gasteiger partial charge in [-0.05, 0) is 42.9 Å². The molecule has 0 spiro atoms. The van der Waals surface area contributed by atoms with E-state index in [4.69, 9.17) is 5.11 Å². The first-order chi connectivity index (χ1) is 9.69. The summed E-state index contributed by atoms with van der Waals surface area (Å²) >= 11 is 0. The molecule has 106 valence electrons. The number of carboxylic acids is 1. The molecule has 0 aliphatic heterocycles. The van der Waals surface area contributed by atoms with Crippen LogP contribution < -0.4 is 0 Å². The van der Waals surface area contributed by atoms with E-state index in [1.165, 1.54) is 0 Å². The van der Waals surface area contributed by atoms with E-state index in [-0.39, 0.29) is 12.2 Å². The van der Waals surface area contributed by atoms with Crippen molar-refractivity contribution in [2.45, 2.75) is 25.8 Å². The molecule has 0 amide bonds. The van der Waals surface area contributed by atoms with Gasteiger partial charge in [-0.2, -0.15) is 0 Å². The molecule has 2 aromatic rings. The van der Waals surface area contributed by atoms with E-state index in [9.17, 15) is 9.90 Å². The van der Waals surface area contributed by atoms with E-state index in [1.54, 1.807) is 24.5 Å². The molecular weight excluding hydrogens is 256 g/mol. The molecule has 0 radical (unpaired) electrons. The lowest BCUT2D eigenvalue weighted by Crippen LogP contribution is -2.17. The molecule has 3 rings (SSSR count). The predicted molar refractivity (Wildman–Crippen MR) is 74.6 cm³/mol. The van der Waals surface area contributed by atoms with Crippen LogP contribution in [0, 0.1) is 11.8 Å². The third-order valence-electron chi connectivity index (χ3n) is 4.35. The standard InChI is InChI=1S/C15H18N2O3/c18-8-12-3-1-2-11(12)7-17-9-16-13-5-4-10(15(19)20)6-14(13)17/h4-6,9,11-12,18H,1-3,7-8H2,(H,19,20). The van der Waals surface area contributed by atoms with Crippen molar-refractivity contribution in [3.8, 4) is 0 Å². The van der Waals surface area contributed by atoms with E-state index in [2.05, 4.69) is 4.98 Å². The van der Waals surface area contributed by atoms with Gasteiger partial charge in [0.05, 0.1) is 22.9 Å². The Hall–Kier alpha value is -1.88. The highest BCUT2D eigenvalue weighted by Gasteiger charge is 2.27. The quantitative estimate of drug-likeness (QED) is 0.895. The number of rotatable bonds is 4. The van der Waals surface area contributed by atoms with Crippen LogP contribution in [-0.4, -0.2) is 32.3 Å². The number of carboxylic acid groups (broad SMARTS) is 1. The molecule has 20 heavy (non-hydrogen) atoms. The van der Waals surface area contributed by atoms with E-state index in [0.29, 0.717) is 11.8 Å². The molecule has 2 N–H and O–H groups in total. The van der Waals surface area contributed by atoms with E-state index in [0.717, 1.165) is 36.8 Å². The minimum atomic E-state index is -0.922. The average molecular weight is 274 g/mol. The normalized spacial score (nSPS) is 22.4. The lowest BCUT2D eigenvalue weighted by Gasteiger charge is -2.18. The van der Waals surface area contributed by atoms with Crippen molar-refractivity contribution in [1.82, 2.24) is 9.55 Å². The minimum absolute atomic E-state index is 0.234. The number of nitrogens with zero attached hydrogens (tertiary/aromatic N) is 2. The smallest absolute Gasteiger partial charge is 0.335 e. The predicted octanol–water partition coefficient (Wildman–Crippen LogP) is 2.14. The minimum Gasteiger partial charge on any atom is -0.478 e. The summed E-state index contributed by atoms with van der Waals surface area (Å²) in [5.41, 5.74) is 1.95. The average Bonchev–Trinajstić information content (AvgIpc) is 3.05. The number of aromatic carboxylic acids is 1. The first kappa shape index (κ1) is 13.1. The molecule has 1 aromatic carbocycles. The topological polar surface area (TPSA) is 75.3 Å². The Morgan fingerprint density at radius 1 is 1.35 bits per heavy atom. The van der Waals surface area contributed by atoms with Gasteiger partial charge in [0.25, 0.3) is 0 Å². The SMILES string of the molecule is O=C(O)c1ccc2ncn(CC3CCCC3CO)c2c1. The maximum atomic E-state index is 11.1. The zero-order valence-electron chi connectivity index (χ0n) is 11.2. The Bertz CT molecular complexity index is 635. The summed E-state index contributed by atoms with van der Waals surface area (Å²) in [7, 11) is 0. The van der Waals surface area contributed by atoms with Gasteiger partial charge in [-0.15, -0.1) is 0 Å². The molecule has 1 heterocycles. The summed E-state index contributed by atoms with van der Waals surface area (Å²) in [5, 5.41) is 18.5. The van der Waals surface area contributed by atoms with Crippen molar-refractivity contribution < 1.29 is 15.0 Å². The number of hydrogen-bond donors (Lipinski definition) is 2. The second-order valence-corrected chi connectivity index (χ2v) is 5.54. The fraction of sp³-hybridized carbons (Fsp3) is 0.467. The van der Waals surface area contributed by atoms with E-state index < -0.39 is 5.97 Å². The summed E-state index contributed by atoms with van der Waals surface area (Å²) in [5.74, 6) is -0.116. The van der Waals surface area contributed by atoms with Gasteiger partial charge >= 0.3 is 5.97 Å². The lowest BCUT2D eigenvalue weighted by molar-refractivity contribution is 0.0697. The summed E-state index contributed by atoms with van der Waals surface area (Å²) < 4.78 is 2.01. The number of imidazole rings is 1. The Morgan fingerprint density at radius 2 is 2.15 bits per heavy atom. The van der Waals surface area contributed by atoms with Gasteiger partial charge in [-0.1, -0.05) is 6.42 Å². The summed E-state index contributed by atoms with van der Waals surface area (Å²) in [4.78, 5) is 15.4. The zero-order valence-corrected chi connectivity index (χ0v) is 11.2. The van der Waals surface area contributed by atoms with Crippen LogP contribution in [0.3, 0.4) is 0 Å². The molecule has 1 aliphatic rings. The third kappa shape index (κ3) is 2.29. The molecule has 1 aliphatic carbocycles. The maximum absolute atomic E-state index is 11.1. The molecule has 0 bridgehead atoms. The highest BCUT2D eigenvalue weighted by Crippen LogP contribution is 2.33. The molecule has 5 heteroatoms. The molecule has 2 atom stereocenters. The van der Waals surface area contributed by atoms with Gasteiger partial charge < -0.3 is 14.8 Å². The zero-order chi connectivity index (χ0) is 14.1. The van der Waals surface area contributed by atoms with E-state index >= 15 is 0 Å². The fourth-order valence-corrected chi connectivity index (χ4v) is 3.18. The van der Waals surface area contributed by atoms with Gasteiger partial charge in [0.15, 0.2) is 0 Å². The highest BCUT2D eigenvalue weighted by atomic mass is 16.4. The molecule has 2 unspecified atom stereocenters. The van der Waals surface area contributed by atoms with Gasteiger partial charge in [-0.25, -0.2) is 9.78 Å². The van der Waals surface area contributed by atoms with Crippen molar-refractivity contribution in [3.63, 3.8) is 0 Å². The lowest BCUT2D eigenvalue weighted by atomic mass is 9.97. The summed E-state index contributed by atoms with van der Waals surface area (Å²) in [6.45, 7) is 1.03. The third-order valence-corrected chi connectivity index (χ3v) is 4.35. The maximum Gasteiger partial charge on any atom is 0.335 e. The van der Waals surface area contributed by atoms with Crippen molar-refractivity contribution in [2.24, 2.45) is 11.8 Å². The van der Waals surface area contributed by atoms with Crippen LogP contribution in [0.2, 0.25) is 0 Å². The molecule has 1 saturated carbocycles. The number of aliphatic hydroxyl groups is 1. The van der Waals surface area contributed by atoms with Crippen LogP contribution in [0.4, 0.5) is 0 Å². The molecule has 1 aromatic heterocycles. The van der Waals surface area contributed by atoms with Crippen LogP contribution in [0.15, 0.2) is 24.5 Å². The van der Waals surface area contributed by atoms with Crippen molar-refractivity contribution in [3.05, 3.63) is 30.1 Å². The van der Waals surface area contributed by atoms with Crippen molar-refractivity contribution in [2.75, 3.05) is 6.61 Å². The van der Waals surface area contributed by atoms with Crippen LogP contribution in [0.25, 0.3) is 11.0 Å². The molecule has 0 saturated heterocycles. The first-order valence-corrected chi connectivity index (χ1v) is 6.98. The summed E-state index contributed by atoms with van der Waals surface area (Å²) in [6.07, 6.45) is 5.11. The Kier molecular flexibility index (Phi) is 3.44. The summed E-state index contributed by atoms with van der Waals surface area (Å²) in [6, 6.07) is 5.00. The Labute approximate surface area is 116 Å². The molecular formula is C15H18N2O3. The fourth-order valence-electron chi connectivity index (χ4n) is 3.18. The number of hydrogen-bond acceptors (Lipinski definition) is 3. The largest absolute Gasteiger partial charge is 0.478 e. The second kappa shape index (κ2) is 5.25. The monoisotopic (exact) mass is 274 g/mol. The van der Waals surface area contributed by atoms with Crippen molar-refractivity contribution >= 4 is 17.0 Å². The van der Waals surface area contributed by atoms with Gasteiger partial charge in [0.1, 0.15) is 0 Å². The molecule has 5 nitrogen and oxygen atoms in total. The van der Waals surface area contributed by atoms with Crippen LogP contribution in [-0.2, 0) is 6.54 Å². The number of aliphatic hydroxyl groups excluding tert-OH is 1. The van der Waals surface area contributed by atoms with Gasteiger partial charge in [0.2, 0.25) is 0 Å². The van der Waals surface area contributed by atoms with Crippen LogP contribution in [0.5, 0.6) is 0 Å². The Balaban J connectivity index is 1.91. The van der Waals surface area contributed by atoms with E-state index in [1.807, 2.05) is 4.57 Å². The number of fused-ring (bicyclic) bond motifs is 1. The highest BCUT2D eigenvalue weighted by molar-refractivity contribution is 5.92. The number of carbonyl (C=O) groups is 1. The van der Waals surface area contributed by atoms with Crippen LogP contribution >= 0.6 is 0 Å². The second-order valence-electron chi connectivity index (χ2n) is 5.54. The van der Waals surface area contributed by atoms with Crippen LogP contribution in [0.1, 0.15) is 29.6 Å². The first-order valence-electron chi connectivity index (χ1n) is 6.98. The Morgan fingerprint density at radius 3 is 2.90 bits per heavy atom. The van der Waals surface area contributed by atoms with Gasteiger partial charge in [-0.3, -0.25) is 0 Å².